The van der Waals surface area contributed by atoms with Gasteiger partial charge in [-0.1, -0.05) is 128 Å². The maximum absolute atomic E-state index is 6.72. The Bertz CT molecular complexity index is 1330. The van der Waals surface area contributed by atoms with E-state index in [1.54, 1.807) is 0 Å². The van der Waals surface area contributed by atoms with Gasteiger partial charge in [-0.15, -0.1) is 0 Å². The van der Waals surface area contributed by atoms with Crippen molar-refractivity contribution in [3.63, 3.8) is 0 Å². The molecule has 5 heteroatoms. The van der Waals surface area contributed by atoms with Gasteiger partial charge < -0.3 is 23.7 Å². The second kappa shape index (κ2) is 16.0. The fourth-order valence-electron chi connectivity index (χ4n) is 5.07. The van der Waals surface area contributed by atoms with Crippen LogP contribution in [0.4, 0.5) is 0 Å². The molecule has 0 aliphatic carbocycles. The van der Waals surface area contributed by atoms with E-state index < -0.39 is 18.3 Å². The summed E-state index contributed by atoms with van der Waals surface area (Å²) >= 11 is 0. The van der Waals surface area contributed by atoms with Crippen LogP contribution in [-0.2, 0) is 50.1 Å². The van der Waals surface area contributed by atoms with Crippen LogP contribution in [0, 0.1) is 0 Å². The quantitative estimate of drug-likeness (QED) is 0.157. The molecule has 4 aromatic rings. The molecular weight excluding hydrogens is 524 g/mol. The molecule has 5 rings (SSSR count). The summed E-state index contributed by atoms with van der Waals surface area (Å²) in [7, 11) is 0. The number of hydrogen-bond donors (Lipinski definition) is 0. The summed E-state index contributed by atoms with van der Waals surface area (Å²) < 4.78 is 32.8. The molecule has 0 aromatic heterocycles. The van der Waals surface area contributed by atoms with Gasteiger partial charge in [0.05, 0.1) is 33.0 Å². The van der Waals surface area contributed by atoms with Gasteiger partial charge >= 0.3 is 0 Å². The van der Waals surface area contributed by atoms with E-state index in [1.807, 2.05) is 72.8 Å². The summed E-state index contributed by atoms with van der Waals surface area (Å²) in [5.41, 5.74) is 4.37. The molecule has 0 spiro atoms. The molecule has 4 atom stereocenters. The van der Waals surface area contributed by atoms with Crippen molar-refractivity contribution in [3.05, 3.63) is 155 Å². The van der Waals surface area contributed by atoms with Gasteiger partial charge in [-0.3, -0.25) is 0 Å². The molecule has 5 nitrogen and oxygen atoms in total. The number of rotatable bonds is 14. The average molecular weight is 565 g/mol. The first-order chi connectivity index (χ1) is 20.8. The van der Waals surface area contributed by atoms with Crippen molar-refractivity contribution in [1.29, 1.82) is 0 Å². The van der Waals surface area contributed by atoms with Crippen molar-refractivity contribution in [1.82, 2.24) is 0 Å². The summed E-state index contributed by atoms with van der Waals surface area (Å²) in [4.78, 5) is 0. The molecule has 0 bridgehead atoms. The van der Waals surface area contributed by atoms with Gasteiger partial charge in [0.2, 0.25) is 0 Å². The smallest absolute Gasteiger partial charge is 0.150 e. The maximum Gasteiger partial charge on any atom is 0.150 e. The number of allylic oxidation sites excluding steroid dienone is 1. The fraction of sp³-hybridized carbons (Fsp3) is 0.297. The van der Waals surface area contributed by atoms with Gasteiger partial charge in [-0.25, -0.2) is 0 Å². The van der Waals surface area contributed by atoms with E-state index in [4.69, 9.17) is 23.7 Å². The Balaban J connectivity index is 1.41. The SMILES string of the molecule is CC/C=C1\O[C@H](COCc2ccccc2)[C@@H](OCc2ccccc2)[C@H](OCc2ccccc2)[C@H]1OCc1ccccc1. The molecule has 0 unspecified atom stereocenters. The molecule has 4 aromatic carbocycles. The zero-order chi connectivity index (χ0) is 28.8. The Labute approximate surface area is 249 Å². The van der Waals surface area contributed by atoms with Crippen molar-refractivity contribution in [3.8, 4) is 0 Å². The van der Waals surface area contributed by atoms with Gasteiger partial charge in [0.25, 0.3) is 0 Å². The third-order valence-corrected chi connectivity index (χ3v) is 7.20. The van der Waals surface area contributed by atoms with E-state index in [9.17, 15) is 0 Å². The lowest BCUT2D eigenvalue weighted by molar-refractivity contribution is -0.223. The van der Waals surface area contributed by atoms with E-state index >= 15 is 0 Å². The number of benzene rings is 4. The molecule has 1 aliphatic rings. The highest BCUT2D eigenvalue weighted by Crippen LogP contribution is 2.33. The third-order valence-electron chi connectivity index (χ3n) is 7.20. The highest BCUT2D eigenvalue weighted by atomic mass is 16.6. The average Bonchev–Trinajstić information content (AvgIpc) is 3.05. The van der Waals surface area contributed by atoms with Gasteiger partial charge in [0.1, 0.15) is 24.1 Å². The van der Waals surface area contributed by atoms with E-state index in [0.29, 0.717) is 33.0 Å². The van der Waals surface area contributed by atoms with Crippen LogP contribution in [0.15, 0.2) is 133 Å². The van der Waals surface area contributed by atoms with Crippen LogP contribution in [-0.4, -0.2) is 31.0 Å². The van der Waals surface area contributed by atoms with E-state index in [2.05, 4.69) is 61.5 Å². The minimum atomic E-state index is -0.444. The van der Waals surface area contributed by atoms with Gasteiger partial charge in [0, 0.05) is 0 Å². The van der Waals surface area contributed by atoms with Crippen LogP contribution in [0.25, 0.3) is 0 Å². The molecule has 1 aliphatic heterocycles. The van der Waals surface area contributed by atoms with Crippen molar-refractivity contribution < 1.29 is 23.7 Å². The monoisotopic (exact) mass is 564 g/mol. The zero-order valence-electron chi connectivity index (χ0n) is 24.2. The molecule has 1 fully saturated rings. The predicted molar refractivity (Wildman–Crippen MR) is 164 cm³/mol. The number of hydrogen-bond acceptors (Lipinski definition) is 5. The molecule has 218 valence electrons. The minimum absolute atomic E-state index is 0.353. The lowest BCUT2D eigenvalue weighted by Crippen LogP contribution is -2.56. The topological polar surface area (TPSA) is 46.2 Å². The Morgan fingerprint density at radius 2 is 0.976 bits per heavy atom. The van der Waals surface area contributed by atoms with Crippen molar-refractivity contribution >= 4 is 0 Å². The minimum Gasteiger partial charge on any atom is -0.487 e. The molecule has 0 radical (unpaired) electrons. The maximum atomic E-state index is 6.72. The molecule has 1 heterocycles. The van der Waals surface area contributed by atoms with Gasteiger partial charge in [0.15, 0.2) is 6.10 Å². The van der Waals surface area contributed by atoms with Crippen molar-refractivity contribution in [2.45, 2.75) is 64.2 Å². The largest absolute Gasteiger partial charge is 0.487 e. The van der Waals surface area contributed by atoms with Crippen LogP contribution < -0.4 is 0 Å². The van der Waals surface area contributed by atoms with E-state index in [1.165, 1.54) is 0 Å². The van der Waals surface area contributed by atoms with Crippen LogP contribution in [0.3, 0.4) is 0 Å². The summed E-state index contributed by atoms with van der Waals surface area (Å²) in [5, 5.41) is 0. The highest BCUT2D eigenvalue weighted by Gasteiger charge is 2.46. The normalized spacial score (nSPS) is 21.2. The Kier molecular flexibility index (Phi) is 11.4. The Hall–Kier alpha value is -3.74. The van der Waals surface area contributed by atoms with Crippen LogP contribution in [0.5, 0.6) is 0 Å². The summed E-state index contributed by atoms with van der Waals surface area (Å²) in [6.07, 6.45) is 1.21. The first kappa shape index (κ1) is 29.7. The molecule has 42 heavy (non-hydrogen) atoms. The van der Waals surface area contributed by atoms with Crippen LogP contribution in [0.2, 0.25) is 0 Å². The first-order valence-electron chi connectivity index (χ1n) is 14.7. The van der Waals surface area contributed by atoms with Crippen LogP contribution >= 0.6 is 0 Å². The summed E-state index contributed by atoms with van der Waals surface area (Å²) in [5.74, 6) is 0.763. The Morgan fingerprint density at radius 3 is 1.45 bits per heavy atom. The first-order valence-corrected chi connectivity index (χ1v) is 14.7. The molecular formula is C37H40O5. The summed E-state index contributed by atoms with van der Waals surface area (Å²) in [6.45, 7) is 4.23. The Morgan fingerprint density at radius 1 is 0.548 bits per heavy atom. The fourth-order valence-corrected chi connectivity index (χ4v) is 5.07. The molecule has 0 N–H and O–H groups in total. The zero-order valence-corrected chi connectivity index (χ0v) is 24.2. The lowest BCUT2D eigenvalue weighted by atomic mass is 9.96. The lowest BCUT2D eigenvalue weighted by Gasteiger charge is -2.43. The van der Waals surface area contributed by atoms with E-state index in [0.717, 1.165) is 34.4 Å². The van der Waals surface area contributed by atoms with Crippen molar-refractivity contribution in [2.24, 2.45) is 0 Å². The molecule has 1 saturated heterocycles. The second-order valence-electron chi connectivity index (χ2n) is 10.4. The van der Waals surface area contributed by atoms with Gasteiger partial charge in [-0.05, 0) is 34.8 Å². The highest BCUT2D eigenvalue weighted by molar-refractivity contribution is 5.18. The molecule has 0 amide bonds. The van der Waals surface area contributed by atoms with Crippen molar-refractivity contribution in [2.75, 3.05) is 6.61 Å². The van der Waals surface area contributed by atoms with Gasteiger partial charge in [-0.2, -0.15) is 0 Å². The standard InChI is InChI=1S/C37H40O5/c1-2-15-33-35(39-25-30-18-9-4-10-19-30)37(41-27-32-22-13-6-14-23-32)36(40-26-31-20-11-5-12-21-31)34(42-33)28-38-24-29-16-7-3-8-17-29/h3-23,34-37H,2,24-28H2,1H3/b33-15-/t34-,35+,36-,37-/m1/s1. The van der Waals surface area contributed by atoms with Crippen LogP contribution in [0.1, 0.15) is 35.6 Å². The summed E-state index contributed by atoms with van der Waals surface area (Å²) in [6, 6.07) is 40.7. The second-order valence-corrected chi connectivity index (χ2v) is 10.4. The predicted octanol–water partition coefficient (Wildman–Crippen LogP) is 7.65. The van der Waals surface area contributed by atoms with E-state index in [-0.39, 0.29) is 6.10 Å². The molecule has 0 saturated carbocycles. The number of ether oxygens (including phenoxy) is 5. The third kappa shape index (κ3) is 8.63.